The molecule has 9 heteroatoms. The van der Waals surface area contributed by atoms with Crippen molar-refractivity contribution in [3.8, 4) is 0 Å². The Morgan fingerprint density at radius 3 is 1.11 bits per heavy atom. The van der Waals surface area contributed by atoms with Crippen LogP contribution in [0, 0.1) is 23.7 Å². The first-order valence-corrected chi connectivity index (χ1v) is 4.68. The molecule has 1 aliphatic carbocycles. The Balaban J connectivity index is 0.00000289. The predicted molar refractivity (Wildman–Crippen MR) is 56.3 cm³/mol. The van der Waals surface area contributed by atoms with Crippen molar-refractivity contribution in [1.29, 1.82) is 0 Å². The van der Waals surface area contributed by atoms with E-state index >= 15 is 0 Å². The molecule has 96 valence electrons. The predicted octanol–water partition coefficient (Wildman–Crippen LogP) is -1.46. The van der Waals surface area contributed by atoms with E-state index < -0.39 is 54.0 Å². The molecule has 8 nitrogen and oxygen atoms in total. The van der Waals surface area contributed by atoms with Crippen molar-refractivity contribution >= 4 is 53.4 Å². The molecule has 1 rings (SSSR count). The summed E-state index contributed by atoms with van der Waals surface area (Å²) in [5, 5.41) is 35.2. The van der Waals surface area contributed by atoms with Gasteiger partial charge in [-0.3, -0.25) is 19.2 Å². The molecule has 4 N–H and O–H groups in total. The second kappa shape index (κ2) is 6.17. The molecule has 0 saturated heterocycles. The molecule has 0 aliphatic heterocycles. The fraction of sp³-hybridized carbons (Fsp3) is 0.556. The molecule has 0 bridgehead atoms. The SMILES string of the molecule is O=C(O)C1CC(C(=O)O)C(C(=O)O)C1C(=O)O.[NaH]. The third-order valence-corrected chi connectivity index (χ3v) is 2.97. The van der Waals surface area contributed by atoms with Gasteiger partial charge in [-0.05, 0) is 6.42 Å². The van der Waals surface area contributed by atoms with Crippen molar-refractivity contribution in [2.24, 2.45) is 23.7 Å². The van der Waals surface area contributed by atoms with Gasteiger partial charge in [0, 0.05) is 0 Å². The fourth-order valence-electron chi connectivity index (χ4n) is 2.23. The van der Waals surface area contributed by atoms with E-state index in [4.69, 9.17) is 20.4 Å². The molecule has 1 saturated carbocycles. The van der Waals surface area contributed by atoms with Gasteiger partial charge >= 0.3 is 53.4 Å². The quantitative estimate of drug-likeness (QED) is 0.453. The second-order valence-corrected chi connectivity index (χ2v) is 3.85. The summed E-state index contributed by atoms with van der Waals surface area (Å²) in [4.78, 5) is 43.4. The summed E-state index contributed by atoms with van der Waals surface area (Å²) in [6, 6.07) is 0. The third kappa shape index (κ3) is 3.01. The van der Waals surface area contributed by atoms with Crippen LogP contribution in [0.2, 0.25) is 0 Å². The number of carboxylic acid groups (broad SMARTS) is 4. The van der Waals surface area contributed by atoms with Crippen molar-refractivity contribution in [3.63, 3.8) is 0 Å². The van der Waals surface area contributed by atoms with Crippen LogP contribution in [0.3, 0.4) is 0 Å². The van der Waals surface area contributed by atoms with Crippen LogP contribution in [0.1, 0.15) is 6.42 Å². The first-order chi connectivity index (χ1) is 7.77. The molecule has 0 aromatic carbocycles. The van der Waals surface area contributed by atoms with Gasteiger partial charge in [0.2, 0.25) is 0 Å². The molecule has 0 heterocycles. The van der Waals surface area contributed by atoms with Crippen LogP contribution in [0.15, 0.2) is 0 Å². The Morgan fingerprint density at radius 2 is 0.944 bits per heavy atom. The minimum atomic E-state index is -1.72. The van der Waals surface area contributed by atoms with Crippen LogP contribution in [0.25, 0.3) is 0 Å². The van der Waals surface area contributed by atoms with Gasteiger partial charge in [0.15, 0.2) is 0 Å². The number of rotatable bonds is 4. The van der Waals surface area contributed by atoms with Gasteiger partial charge in [-0.25, -0.2) is 0 Å². The van der Waals surface area contributed by atoms with E-state index in [1.54, 1.807) is 0 Å². The number of hydrogen-bond acceptors (Lipinski definition) is 4. The van der Waals surface area contributed by atoms with Gasteiger partial charge in [-0.1, -0.05) is 0 Å². The Hall–Kier alpha value is -1.12. The van der Waals surface area contributed by atoms with Crippen molar-refractivity contribution in [2.45, 2.75) is 6.42 Å². The number of aliphatic carboxylic acids is 4. The zero-order valence-corrected chi connectivity index (χ0v) is 8.44. The van der Waals surface area contributed by atoms with Crippen LogP contribution in [0.5, 0.6) is 0 Å². The average Bonchev–Trinajstić information content (AvgIpc) is 2.56. The van der Waals surface area contributed by atoms with Crippen molar-refractivity contribution in [3.05, 3.63) is 0 Å². The van der Waals surface area contributed by atoms with Gasteiger partial charge in [-0.2, -0.15) is 0 Å². The first kappa shape index (κ1) is 16.9. The normalized spacial score (nSPS) is 30.2. The molecule has 18 heavy (non-hydrogen) atoms. The van der Waals surface area contributed by atoms with Gasteiger partial charge in [-0.15, -0.1) is 0 Å². The molecule has 0 radical (unpaired) electrons. The molecular formula is C9H11NaO8. The van der Waals surface area contributed by atoms with Crippen LogP contribution in [-0.4, -0.2) is 73.9 Å². The Morgan fingerprint density at radius 1 is 0.667 bits per heavy atom. The zero-order chi connectivity index (χ0) is 13.3. The number of hydrogen-bond donors (Lipinski definition) is 4. The minimum absolute atomic E-state index is 0. The van der Waals surface area contributed by atoms with E-state index in [-0.39, 0.29) is 29.6 Å². The van der Waals surface area contributed by atoms with E-state index in [1.807, 2.05) is 0 Å². The van der Waals surface area contributed by atoms with Crippen molar-refractivity contribution in [1.82, 2.24) is 0 Å². The summed E-state index contributed by atoms with van der Waals surface area (Å²) in [7, 11) is 0. The number of carbonyl (C=O) groups is 4. The van der Waals surface area contributed by atoms with Crippen molar-refractivity contribution < 1.29 is 39.6 Å². The summed E-state index contributed by atoms with van der Waals surface area (Å²) >= 11 is 0. The molecular weight excluding hydrogens is 259 g/mol. The summed E-state index contributed by atoms with van der Waals surface area (Å²) in [6.07, 6.45) is -0.487. The molecule has 4 unspecified atom stereocenters. The molecule has 4 atom stereocenters. The Bertz CT molecular complexity index is 356. The average molecular weight is 270 g/mol. The maximum absolute atomic E-state index is 10.9. The molecule has 0 amide bonds. The van der Waals surface area contributed by atoms with Crippen LogP contribution >= 0.6 is 0 Å². The van der Waals surface area contributed by atoms with Gasteiger partial charge in [0.25, 0.3) is 0 Å². The van der Waals surface area contributed by atoms with E-state index in [0.29, 0.717) is 0 Å². The van der Waals surface area contributed by atoms with E-state index in [9.17, 15) is 19.2 Å². The monoisotopic (exact) mass is 270 g/mol. The first-order valence-electron chi connectivity index (χ1n) is 4.68. The topological polar surface area (TPSA) is 149 Å². The Kier molecular flexibility index (Phi) is 5.78. The van der Waals surface area contributed by atoms with E-state index in [0.717, 1.165) is 0 Å². The molecule has 0 aromatic rings. The van der Waals surface area contributed by atoms with Crippen LogP contribution in [-0.2, 0) is 19.2 Å². The summed E-state index contributed by atoms with van der Waals surface area (Å²) < 4.78 is 0. The Labute approximate surface area is 123 Å². The zero-order valence-electron chi connectivity index (χ0n) is 8.44. The molecule has 1 fully saturated rings. The summed E-state index contributed by atoms with van der Waals surface area (Å²) in [5.74, 6) is -12.6. The van der Waals surface area contributed by atoms with E-state index in [1.165, 1.54) is 0 Å². The second-order valence-electron chi connectivity index (χ2n) is 3.85. The standard InChI is InChI=1S/C9H10O8.Na.H/c10-6(11)2-1-3(7(12)13)5(9(16)17)4(2)8(14)15;;/h2-5H,1H2,(H,10,11)(H,12,13)(H,14,15)(H,16,17);;. The maximum atomic E-state index is 10.9. The van der Waals surface area contributed by atoms with Gasteiger partial charge < -0.3 is 20.4 Å². The van der Waals surface area contributed by atoms with Crippen molar-refractivity contribution in [2.75, 3.05) is 0 Å². The van der Waals surface area contributed by atoms with Crippen LogP contribution < -0.4 is 0 Å². The van der Waals surface area contributed by atoms with E-state index in [2.05, 4.69) is 0 Å². The molecule has 1 aliphatic rings. The molecule has 0 aromatic heterocycles. The number of carboxylic acids is 4. The van der Waals surface area contributed by atoms with Gasteiger partial charge in [0.05, 0.1) is 23.7 Å². The van der Waals surface area contributed by atoms with Crippen LogP contribution in [0.4, 0.5) is 0 Å². The van der Waals surface area contributed by atoms with Gasteiger partial charge in [0.1, 0.15) is 0 Å². The fourth-order valence-corrected chi connectivity index (χ4v) is 2.23. The molecule has 0 spiro atoms. The summed E-state index contributed by atoms with van der Waals surface area (Å²) in [5.41, 5.74) is 0. The third-order valence-electron chi connectivity index (χ3n) is 2.97. The summed E-state index contributed by atoms with van der Waals surface area (Å²) in [6.45, 7) is 0.